The van der Waals surface area contributed by atoms with Gasteiger partial charge in [-0.3, -0.25) is 4.79 Å². The number of thiophene rings is 1. The summed E-state index contributed by atoms with van der Waals surface area (Å²) in [5.74, 6) is -0.139. The quantitative estimate of drug-likeness (QED) is 0.843. The largest absolute Gasteiger partial charge is 0.462 e. The van der Waals surface area contributed by atoms with E-state index in [1.165, 1.54) is 11.3 Å². The van der Waals surface area contributed by atoms with Crippen LogP contribution in [0.1, 0.15) is 40.6 Å². The van der Waals surface area contributed by atoms with E-state index < -0.39 is 0 Å². The Morgan fingerprint density at radius 3 is 2.85 bits per heavy atom. The molecule has 1 aliphatic rings. The molecular weight excluding hydrogens is 276 g/mol. The first-order valence-corrected chi connectivity index (χ1v) is 7.68. The number of hydrogen-bond donors (Lipinski definition) is 1. The Kier molecular flexibility index (Phi) is 4.65. The molecule has 2 rings (SSSR count). The Balaban J connectivity index is 2.07. The van der Waals surface area contributed by atoms with Crippen molar-refractivity contribution in [3.63, 3.8) is 0 Å². The highest BCUT2D eigenvalue weighted by Crippen LogP contribution is 2.31. The second-order valence-corrected chi connectivity index (χ2v) is 5.98. The minimum absolute atomic E-state index is 0.220. The molecule has 2 N–H and O–H groups in total. The molecule has 2 heterocycles. The van der Waals surface area contributed by atoms with Crippen molar-refractivity contribution in [2.75, 3.05) is 25.4 Å². The summed E-state index contributed by atoms with van der Waals surface area (Å²) < 4.78 is 5.02. The number of esters is 1. The predicted octanol–water partition coefficient (Wildman–Crippen LogP) is 1.98. The first kappa shape index (κ1) is 14.8. The minimum Gasteiger partial charge on any atom is -0.462 e. The van der Waals surface area contributed by atoms with Gasteiger partial charge >= 0.3 is 5.97 Å². The van der Waals surface area contributed by atoms with Crippen LogP contribution in [0.2, 0.25) is 0 Å². The molecule has 0 radical (unpaired) electrons. The summed E-state index contributed by atoms with van der Waals surface area (Å²) in [4.78, 5) is 26.4. The van der Waals surface area contributed by atoms with Crippen molar-refractivity contribution in [3.8, 4) is 0 Å². The number of hydrogen-bond acceptors (Lipinski definition) is 5. The molecule has 6 heteroatoms. The zero-order valence-electron chi connectivity index (χ0n) is 11.9. The standard InChI is InChI=1S/C14H20N2O3S/c1-3-19-14(18)12-9(2)10(20-13(12)15)6-8-16-7-4-5-11(16)17/h3-8,15H2,1-2H3. The Morgan fingerprint density at radius 1 is 1.50 bits per heavy atom. The topological polar surface area (TPSA) is 72.6 Å². The molecule has 1 aliphatic heterocycles. The zero-order chi connectivity index (χ0) is 14.7. The van der Waals surface area contributed by atoms with Gasteiger partial charge in [-0.15, -0.1) is 11.3 Å². The van der Waals surface area contributed by atoms with Gasteiger partial charge in [-0.05, 0) is 32.3 Å². The molecule has 1 aromatic rings. The fourth-order valence-electron chi connectivity index (χ4n) is 2.46. The highest BCUT2D eigenvalue weighted by molar-refractivity contribution is 7.16. The van der Waals surface area contributed by atoms with Gasteiger partial charge in [-0.2, -0.15) is 0 Å². The number of carbonyl (C=O) groups is 2. The number of rotatable bonds is 5. The summed E-state index contributed by atoms with van der Waals surface area (Å²) in [6, 6.07) is 0. The lowest BCUT2D eigenvalue weighted by Gasteiger charge is -2.14. The Hall–Kier alpha value is -1.56. The number of carbonyl (C=O) groups excluding carboxylic acids is 2. The lowest BCUT2D eigenvalue weighted by atomic mass is 10.1. The Morgan fingerprint density at radius 2 is 2.25 bits per heavy atom. The maximum atomic E-state index is 11.9. The lowest BCUT2D eigenvalue weighted by Crippen LogP contribution is -2.26. The van der Waals surface area contributed by atoms with Gasteiger partial charge in [0.1, 0.15) is 5.00 Å². The van der Waals surface area contributed by atoms with E-state index in [0.717, 1.165) is 29.8 Å². The van der Waals surface area contributed by atoms with Gasteiger partial charge in [-0.25, -0.2) is 4.79 Å². The number of nitrogens with zero attached hydrogens (tertiary/aromatic N) is 1. The van der Waals surface area contributed by atoms with Crippen LogP contribution >= 0.6 is 11.3 Å². The van der Waals surface area contributed by atoms with E-state index >= 15 is 0 Å². The van der Waals surface area contributed by atoms with Crippen LogP contribution in [0.15, 0.2) is 0 Å². The molecule has 110 valence electrons. The molecule has 1 amide bonds. The third kappa shape index (κ3) is 2.95. The molecule has 5 nitrogen and oxygen atoms in total. The van der Waals surface area contributed by atoms with Crippen molar-refractivity contribution < 1.29 is 14.3 Å². The maximum Gasteiger partial charge on any atom is 0.341 e. The van der Waals surface area contributed by atoms with Gasteiger partial charge in [0.15, 0.2) is 0 Å². The van der Waals surface area contributed by atoms with Crippen LogP contribution in [-0.4, -0.2) is 36.5 Å². The molecule has 20 heavy (non-hydrogen) atoms. The lowest BCUT2D eigenvalue weighted by molar-refractivity contribution is -0.127. The second-order valence-electron chi connectivity index (χ2n) is 4.84. The predicted molar refractivity (Wildman–Crippen MR) is 78.9 cm³/mol. The number of amides is 1. The van der Waals surface area contributed by atoms with Crippen molar-refractivity contribution >= 4 is 28.2 Å². The van der Waals surface area contributed by atoms with Crippen LogP contribution in [-0.2, 0) is 16.0 Å². The molecule has 0 bridgehead atoms. The molecule has 0 unspecified atom stereocenters. The number of nitrogens with two attached hydrogens (primary N) is 1. The molecule has 1 saturated heterocycles. The summed E-state index contributed by atoms with van der Waals surface area (Å²) in [6.45, 7) is 5.53. The Labute approximate surface area is 122 Å². The second kappa shape index (κ2) is 6.26. The van der Waals surface area contributed by atoms with E-state index in [-0.39, 0.29) is 11.9 Å². The van der Waals surface area contributed by atoms with Crippen molar-refractivity contribution in [3.05, 3.63) is 16.0 Å². The van der Waals surface area contributed by atoms with Gasteiger partial charge in [0, 0.05) is 24.4 Å². The fourth-order valence-corrected chi connectivity index (χ4v) is 3.51. The number of likely N-dealkylation sites (tertiary alicyclic amines) is 1. The number of nitrogen functional groups attached to an aromatic ring is 1. The molecular formula is C14H20N2O3S. The summed E-state index contributed by atoms with van der Waals surface area (Å²) >= 11 is 1.42. The van der Waals surface area contributed by atoms with Crippen LogP contribution in [0, 0.1) is 6.92 Å². The Bertz CT molecular complexity index is 525. The van der Waals surface area contributed by atoms with E-state index in [9.17, 15) is 9.59 Å². The molecule has 0 spiro atoms. The van der Waals surface area contributed by atoms with E-state index in [0.29, 0.717) is 30.1 Å². The summed E-state index contributed by atoms with van der Waals surface area (Å²) in [7, 11) is 0. The molecule has 1 fully saturated rings. The smallest absolute Gasteiger partial charge is 0.341 e. The molecule has 0 saturated carbocycles. The van der Waals surface area contributed by atoms with E-state index in [1.807, 2.05) is 11.8 Å². The van der Waals surface area contributed by atoms with E-state index in [4.69, 9.17) is 10.5 Å². The van der Waals surface area contributed by atoms with Crippen LogP contribution in [0.25, 0.3) is 0 Å². The number of ether oxygens (including phenoxy) is 1. The normalized spacial score (nSPS) is 14.9. The van der Waals surface area contributed by atoms with Crippen LogP contribution < -0.4 is 5.73 Å². The van der Waals surface area contributed by atoms with Crippen molar-refractivity contribution in [1.29, 1.82) is 0 Å². The van der Waals surface area contributed by atoms with Gasteiger partial charge in [0.2, 0.25) is 5.91 Å². The van der Waals surface area contributed by atoms with E-state index in [1.54, 1.807) is 6.92 Å². The molecule has 0 aromatic carbocycles. The third-order valence-electron chi connectivity index (χ3n) is 3.53. The molecule has 0 atom stereocenters. The monoisotopic (exact) mass is 296 g/mol. The molecule has 1 aromatic heterocycles. The zero-order valence-corrected chi connectivity index (χ0v) is 12.7. The minimum atomic E-state index is -0.359. The van der Waals surface area contributed by atoms with E-state index in [2.05, 4.69) is 0 Å². The average Bonchev–Trinajstić information content (AvgIpc) is 2.91. The van der Waals surface area contributed by atoms with Gasteiger partial charge in [-0.1, -0.05) is 0 Å². The fraction of sp³-hybridized carbons (Fsp3) is 0.571. The van der Waals surface area contributed by atoms with Crippen molar-refractivity contribution in [1.82, 2.24) is 4.90 Å². The number of anilines is 1. The maximum absolute atomic E-state index is 11.9. The van der Waals surface area contributed by atoms with Crippen molar-refractivity contribution in [2.24, 2.45) is 0 Å². The van der Waals surface area contributed by atoms with Crippen LogP contribution in [0.5, 0.6) is 0 Å². The van der Waals surface area contributed by atoms with Crippen LogP contribution in [0.4, 0.5) is 5.00 Å². The highest BCUT2D eigenvalue weighted by Gasteiger charge is 2.23. The SMILES string of the molecule is CCOC(=O)c1c(N)sc(CCN2CCCC2=O)c1C. The van der Waals surface area contributed by atoms with Crippen molar-refractivity contribution in [2.45, 2.75) is 33.1 Å². The van der Waals surface area contributed by atoms with Crippen LogP contribution in [0.3, 0.4) is 0 Å². The first-order valence-electron chi connectivity index (χ1n) is 6.87. The average molecular weight is 296 g/mol. The van der Waals surface area contributed by atoms with Gasteiger partial charge in [0.05, 0.1) is 12.2 Å². The highest BCUT2D eigenvalue weighted by atomic mass is 32.1. The van der Waals surface area contributed by atoms with Gasteiger partial charge < -0.3 is 15.4 Å². The molecule has 0 aliphatic carbocycles. The first-order chi connectivity index (χ1) is 9.54. The summed E-state index contributed by atoms with van der Waals surface area (Å²) in [5, 5.41) is 0.503. The summed E-state index contributed by atoms with van der Waals surface area (Å²) in [6.07, 6.45) is 2.34. The third-order valence-corrected chi connectivity index (χ3v) is 4.71. The van der Waals surface area contributed by atoms with Gasteiger partial charge in [0.25, 0.3) is 0 Å². The summed E-state index contributed by atoms with van der Waals surface area (Å²) in [5.41, 5.74) is 7.29.